The number of aromatic hydroxyl groups is 4. The normalized spacial score (nSPS) is 11.7. The summed E-state index contributed by atoms with van der Waals surface area (Å²) in [6.07, 6.45) is 2.09. The Morgan fingerprint density at radius 1 is 0.564 bits per heavy atom. The van der Waals surface area contributed by atoms with E-state index in [1.807, 2.05) is 0 Å². The Morgan fingerprint density at radius 2 is 0.927 bits per heavy atom. The van der Waals surface area contributed by atoms with Gasteiger partial charge in [-0.1, -0.05) is 35.3 Å². The number of phenolic OH excluding ortho intramolecular Hbond substituents is 2. The zero-order valence-electron chi connectivity index (χ0n) is 29.1. The molecule has 4 N–H and O–H groups in total. The molecule has 2 heterocycles. The minimum atomic E-state index is -3.47. The van der Waals surface area contributed by atoms with Crippen molar-refractivity contribution in [1.82, 2.24) is 19.6 Å². The molecule has 0 bridgehead atoms. The van der Waals surface area contributed by atoms with Gasteiger partial charge in [0.25, 0.3) is 0 Å². The summed E-state index contributed by atoms with van der Waals surface area (Å²) in [5.41, 5.74) is 1.90. The van der Waals surface area contributed by atoms with Gasteiger partial charge in [0.1, 0.15) is 22.9 Å². The smallest absolute Gasteiger partial charge is 0.243 e. The molecule has 0 atom stereocenters. The van der Waals surface area contributed by atoms with Crippen LogP contribution in [0.3, 0.4) is 0 Å². The molecule has 0 aliphatic carbocycles. The summed E-state index contributed by atoms with van der Waals surface area (Å²) in [7, 11) is -6.94. The molecule has 16 nitrogen and oxygen atoms in total. The molecular formula is C34H30Cl2CrN8O8S2. The average molecular weight is 866 g/mol. The fourth-order valence-electron chi connectivity index (χ4n) is 4.66. The molecule has 21 heteroatoms. The molecule has 4 aromatic carbocycles. The number of aryl methyl sites for hydroxylation is 2. The van der Waals surface area contributed by atoms with E-state index in [-0.39, 0.29) is 73.2 Å². The van der Waals surface area contributed by atoms with E-state index in [4.69, 9.17) is 23.2 Å². The molecule has 0 saturated carbocycles. The Hall–Kier alpha value is -5.29. The summed E-state index contributed by atoms with van der Waals surface area (Å²) in [5.74, 6) is -1.02. The fourth-order valence-corrected chi connectivity index (χ4v) is 6.31. The third kappa shape index (κ3) is 10.1. The molecule has 0 aliphatic rings. The van der Waals surface area contributed by atoms with E-state index < -0.39 is 19.7 Å². The molecule has 0 amide bonds. The van der Waals surface area contributed by atoms with Crippen molar-refractivity contribution < 1.29 is 54.6 Å². The third-order valence-electron chi connectivity index (χ3n) is 7.38. The number of rotatable bonds is 8. The molecular weight excluding hydrogens is 835 g/mol. The number of aromatic nitrogens is 4. The molecule has 0 fully saturated rings. The predicted octanol–water partition coefficient (Wildman–Crippen LogP) is 8.13. The molecule has 6 rings (SSSR count). The van der Waals surface area contributed by atoms with E-state index >= 15 is 0 Å². The van der Waals surface area contributed by atoms with Crippen LogP contribution in [-0.4, -0.2) is 69.3 Å². The summed E-state index contributed by atoms with van der Waals surface area (Å²) in [6, 6.07) is 20.8. The second-order valence-electron chi connectivity index (χ2n) is 11.5. The van der Waals surface area contributed by atoms with Gasteiger partial charge in [-0.05, 0) is 86.6 Å². The summed E-state index contributed by atoms with van der Waals surface area (Å²) < 4.78 is 49.1. The van der Waals surface area contributed by atoms with Gasteiger partial charge in [-0.15, -0.1) is 20.5 Å². The number of hydrogen-bond acceptors (Lipinski definition) is 14. The average Bonchev–Trinajstić information content (AvgIpc) is 3.55. The van der Waals surface area contributed by atoms with Crippen molar-refractivity contribution in [1.29, 1.82) is 0 Å². The van der Waals surface area contributed by atoms with Crippen LogP contribution in [0.4, 0.5) is 22.7 Å². The molecule has 55 heavy (non-hydrogen) atoms. The van der Waals surface area contributed by atoms with E-state index in [1.54, 1.807) is 62.4 Å². The summed E-state index contributed by atoms with van der Waals surface area (Å²) in [6.45, 7) is 3.25. The van der Waals surface area contributed by atoms with Crippen molar-refractivity contribution in [3.63, 3.8) is 0 Å². The second-order valence-corrected chi connectivity index (χ2v) is 16.4. The Morgan fingerprint density at radius 3 is 1.25 bits per heavy atom. The Balaban J connectivity index is 0.000000240. The minimum absolute atomic E-state index is 0. The zero-order chi connectivity index (χ0) is 39.5. The van der Waals surface area contributed by atoms with Crippen molar-refractivity contribution in [2.75, 3.05) is 12.5 Å². The van der Waals surface area contributed by atoms with Crippen LogP contribution in [0.15, 0.2) is 115 Å². The van der Waals surface area contributed by atoms with Crippen molar-refractivity contribution in [3.8, 4) is 34.6 Å². The predicted molar refractivity (Wildman–Crippen MR) is 201 cm³/mol. The van der Waals surface area contributed by atoms with Crippen molar-refractivity contribution >= 4 is 65.6 Å². The Labute approximate surface area is 335 Å². The minimum Gasteiger partial charge on any atom is -0.506 e. The second kappa shape index (κ2) is 17.0. The summed E-state index contributed by atoms with van der Waals surface area (Å²) in [5, 5.41) is 65.6. The van der Waals surface area contributed by atoms with Crippen LogP contribution in [0, 0.1) is 13.8 Å². The van der Waals surface area contributed by atoms with Crippen LogP contribution in [0.2, 0.25) is 10.0 Å². The number of sulfone groups is 2. The van der Waals surface area contributed by atoms with E-state index in [0.717, 1.165) is 12.5 Å². The number of azo groups is 2. The van der Waals surface area contributed by atoms with E-state index in [1.165, 1.54) is 45.8 Å². The first-order valence-electron chi connectivity index (χ1n) is 15.3. The fraction of sp³-hybridized carbons (Fsp3) is 0.118. The van der Waals surface area contributed by atoms with Gasteiger partial charge in [-0.3, -0.25) is 0 Å². The number of benzene rings is 4. The van der Waals surface area contributed by atoms with E-state index in [2.05, 4.69) is 30.7 Å². The number of halogens is 2. The van der Waals surface area contributed by atoms with Crippen molar-refractivity contribution in [3.05, 3.63) is 106 Å². The van der Waals surface area contributed by atoms with Crippen LogP contribution in [-0.2, 0) is 37.0 Å². The topological polar surface area (TPSA) is 234 Å². The maximum atomic E-state index is 11.6. The van der Waals surface area contributed by atoms with E-state index in [9.17, 15) is 37.3 Å². The summed E-state index contributed by atoms with van der Waals surface area (Å²) >= 11 is 11.9. The molecule has 0 aliphatic heterocycles. The van der Waals surface area contributed by atoms with Crippen LogP contribution in [0.25, 0.3) is 11.4 Å². The first-order chi connectivity index (χ1) is 25.3. The van der Waals surface area contributed by atoms with Crippen LogP contribution in [0.1, 0.15) is 11.4 Å². The molecule has 0 saturated heterocycles. The van der Waals surface area contributed by atoms with Gasteiger partial charge in [0.05, 0.1) is 32.6 Å². The molecule has 6 aromatic rings. The van der Waals surface area contributed by atoms with Crippen LogP contribution >= 0.6 is 23.2 Å². The van der Waals surface area contributed by atoms with Gasteiger partial charge < -0.3 is 20.4 Å². The molecule has 286 valence electrons. The van der Waals surface area contributed by atoms with Gasteiger partial charge in [-0.2, -0.15) is 19.6 Å². The molecule has 0 unspecified atom stereocenters. The monoisotopic (exact) mass is 864 g/mol. The van der Waals surface area contributed by atoms with Gasteiger partial charge >= 0.3 is 0 Å². The van der Waals surface area contributed by atoms with Gasteiger partial charge in [-0.25, -0.2) is 16.8 Å². The maximum absolute atomic E-state index is 11.6. The number of phenols is 2. The maximum Gasteiger partial charge on any atom is 0.243 e. The van der Waals surface area contributed by atoms with Gasteiger partial charge in [0, 0.05) is 39.9 Å². The van der Waals surface area contributed by atoms with Gasteiger partial charge in [0.2, 0.25) is 11.8 Å². The van der Waals surface area contributed by atoms with Gasteiger partial charge in [0.15, 0.2) is 31.0 Å². The largest absolute Gasteiger partial charge is 0.506 e. The SMILES string of the molecule is Cc1nn(-c2cccc(Cl)c2)c(O)c1N=Nc1cc(S(C)(=O)=O)ccc1O.Cc1nn(-c2cccc(Cl)c2)c(O)c1N=Nc1cc(S(C)(=O)=O)ccc1O.[Cr]. The van der Waals surface area contributed by atoms with Crippen molar-refractivity contribution in [2.24, 2.45) is 20.5 Å². The third-order valence-corrected chi connectivity index (χ3v) is 10.1. The number of nitrogens with zero attached hydrogens (tertiary/aromatic N) is 8. The Bertz CT molecular complexity index is 2500. The molecule has 0 spiro atoms. The first kappa shape index (κ1) is 42.5. The quantitative estimate of drug-likeness (QED) is 0.107. The molecule has 0 radical (unpaired) electrons. The zero-order valence-corrected chi connectivity index (χ0v) is 33.5. The van der Waals surface area contributed by atoms with Crippen LogP contribution < -0.4 is 0 Å². The summed E-state index contributed by atoms with van der Waals surface area (Å²) in [4.78, 5) is -0.0189. The molecule has 2 aromatic heterocycles. The Kier molecular flexibility index (Phi) is 13.1. The van der Waals surface area contributed by atoms with Crippen molar-refractivity contribution in [2.45, 2.75) is 23.6 Å². The van der Waals surface area contributed by atoms with Crippen LogP contribution in [0.5, 0.6) is 23.3 Å². The number of hydrogen-bond donors (Lipinski definition) is 4. The first-order valence-corrected chi connectivity index (χ1v) is 19.9. The van der Waals surface area contributed by atoms with E-state index in [0.29, 0.717) is 32.8 Å². The standard InChI is InChI=1S/2C17H15ClN4O4S.Cr/c2*1-10-16(17(24)22(21-10)12-5-3-4-11(18)8-12)20-19-14-9-13(27(2,25)26)6-7-15(14)23;/h2*3-9,23-24H,1-2H3;.